The van der Waals surface area contributed by atoms with Crippen molar-refractivity contribution in [3.05, 3.63) is 0 Å². The van der Waals surface area contributed by atoms with Gasteiger partial charge < -0.3 is 10.1 Å². The first kappa shape index (κ1) is 13.6. The molecule has 1 rings (SSSR count). The number of likely N-dealkylation sites (tertiary alicyclic amines) is 1. The first-order valence-electron chi connectivity index (χ1n) is 5.43. The fraction of sp³-hybridized carbons (Fsp3) is 0.727. The third-order valence-electron chi connectivity index (χ3n) is 2.92. The Morgan fingerprint density at radius 1 is 1.53 bits per heavy atom. The van der Waals surface area contributed by atoms with E-state index in [9.17, 15) is 14.4 Å². The molecule has 0 saturated carbocycles. The van der Waals surface area contributed by atoms with Gasteiger partial charge in [-0.05, 0) is 7.05 Å². The van der Waals surface area contributed by atoms with Crippen LogP contribution in [0.4, 0.5) is 0 Å². The van der Waals surface area contributed by atoms with E-state index in [-0.39, 0.29) is 24.8 Å². The van der Waals surface area contributed by atoms with Crippen LogP contribution < -0.4 is 5.32 Å². The Hall–Kier alpha value is -1.43. The third-order valence-corrected chi connectivity index (χ3v) is 2.92. The van der Waals surface area contributed by atoms with Gasteiger partial charge >= 0.3 is 5.97 Å². The van der Waals surface area contributed by atoms with E-state index < -0.39 is 17.4 Å². The Morgan fingerprint density at radius 2 is 2.12 bits per heavy atom. The quantitative estimate of drug-likeness (QED) is 0.533. The van der Waals surface area contributed by atoms with Crippen LogP contribution in [0.25, 0.3) is 0 Å². The van der Waals surface area contributed by atoms with Gasteiger partial charge in [0, 0.05) is 6.42 Å². The Morgan fingerprint density at radius 3 is 2.47 bits per heavy atom. The van der Waals surface area contributed by atoms with Crippen molar-refractivity contribution in [2.75, 3.05) is 20.7 Å². The van der Waals surface area contributed by atoms with E-state index in [4.69, 9.17) is 0 Å². The van der Waals surface area contributed by atoms with Crippen molar-refractivity contribution in [3.63, 3.8) is 0 Å². The molecule has 0 aliphatic carbocycles. The molecule has 0 aromatic rings. The zero-order chi connectivity index (χ0) is 13.2. The van der Waals surface area contributed by atoms with Crippen LogP contribution in [0.2, 0.25) is 0 Å². The van der Waals surface area contributed by atoms with E-state index in [1.165, 1.54) is 7.11 Å². The maximum atomic E-state index is 11.9. The molecule has 0 radical (unpaired) electrons. The van der Waals surface area contributed by atoms with Crippen molar-refractivity contribution >= 4 is 17.8 Å². The molecule has 1 aliphatic rings. The summed E-state index contributed by atoms with van der Waals surface area (Å²) in [5.41, 5.74) is -0.675. The van der Waals surface area contributed by atoms with Crippen LogP contribution in [-0.4, -0.2) is 49.4 Å². The number of carbonyl (C=O) groups is 3. The lowest BCUT2D eigenvalue weighted by molar-refractivity contribution is -0.146. The van der Waals surface area contributed by atoms with E-state index >= 15 is 0 Å². The molecule has 96 valence electrons. The van der Waals surface area contributed by atoms with Crippen molar-refractivity contribution in [1.82, 2.24) is 10.2 Å². The van der Waals surface area contributed by atoms with Gasteiger partial charge in [0.05, 0.1) is 19.1 Å². The molecule has 6 nitrogen and oxygen atoms in total. The second kappa shape index (κ2) is 4.83. The molecule has 1 unspecified atom stereocenters. The zero-order valence-electron chi connectivity index (χ0n) is 10.6. The molecular formula is C11H18N2O4. The van der Waals surface area contributed by atoms with Gasteiger partial charge in [-0.3, -0.25) is 19.3 Å². The summed E-state index contributed by atoms with van der Waals surface area (Å²) in [5, 5.41) is 2.73. The molecule has 1 heterocycles. The van der Waals surface area contributed by atoms with Crippen LogP contribution >= 0.6 is 0 Å². The fourth-order valence-electron chi connectivity index (χ4n) is 1.82. The number of amides is 2. The minimum atomic E-state index is -0.679. The Bertz CT molecular complexity index is 351. The number of carbonyl (C=O) groups excluding carboxylic acids is 3. The second-order valence-electron chi connectivity index (χ2n) is 4.73. The van der Waals surface area contributed by atoms with Crippen LogP contribution in [0.1, 0.15) is 20.3 Å². The van der Waals surface area contributed by atoms with E-state index in [1.54, 1.807) is 20.9 Å². The van der Waals surface area contributed by atoms with Crippen LogP contribution in [0.3, 0.4) is 0 Å². The maximum absolute atomic E-state index is 11.9. The number of hydrogen-bond acceptors (Lipinski definition) is 5. The van der Waals surface area contributed by atoms with Gasteiger partial charge in [0.2, 0.25) is 11.8 Å². The highest BCUT2D eigenvalue weighted by molar-refractivity contribution is 6.05. The summed E-state index contributed by atoms with van der Waals surface area (Å²) in [5.74, 6) is -0.978. The maximum Gasteiger partial charge on any atom is 0.324 e. The number of rotatable bonds is 4. The molecule has 1 saturated heterocycles. The number of nitrogens with zero attached hydrogens (tertiary/aromatic N) is 1. The van der Waals surface area contributed by atoms with Crippen LogP contribution in [-0.2, 0) is 19.1 Å². The van der Waals surface area contributed by atoms with Crippen molar-refractivity contribution in [1.29, 1.82) is 0 Å². The van der Waals surface area contributed by atoms with Gasteiger partial charge in [-0.25, -0.2) is 0 Å². The first-order valence-corrected chi connectivity index (χ1v) is 5.43. The fourth-order valence-corrected chi connectivity index (χ4v) is 1.82. The normalized spacial score (nSPS) is 20.6. The van der Waals surface area contributed by atoms with Gasteiger partial charge in [0.1, 0.15) is 6.04 Å². The molecule has 1 atom stereocenters. The Balaban J connectivity index is 2.78. The van der Waals surface area contributed by atoms with Crippen LogP contribution in [0.5, 0.6) is 0 Å². The summed E-state index contributed by atoms with van der Waals surface area (Å²) >= 11 is 0. The second-order valence-corrected chi connectivity index (χ2v) is 4.73. The summed E-state index contributed by atoms with van der Waals surface area (Å²) in [6, 6.07) is -0.679. The van der Waals surface area contributed by atoms with Gasteiger partial charge in [0.15, 0.2) is 0 Å². The SMILES string of the molecule is CNC(CN1C(=O)CC(C)(C)C1=O)C(=O)OC. The smallest absolute Gasteiger partial charge is 0.324 e. The van der Waals surface area contributed by atoms with E-state index in [2.05, 4.69) is 10.1 Å². The van der Waals surface area contributed by atoms with Crippen LogP contribution in [0.15, 0.2) is 0 Å². The summed E-state index contributed by atoms with van der Waals surface area (Å²) in [7, 11) is 2.85. The zero-order valence-corrected chi connectivity index (χ0v) is 10.6. The van der Waals surface area contributed by atoms with Crippen molar-refractivity contribution in [2.24, 2.45) is 5.41 Å². The number of ether oxygens (including phenoxy) is 1. The molecular weight excluding hydrogens is 224 g/mol. The van der Waals surface area contributed by atoms with Crippen molar-refractivity contribution in [2.45, 2.75) is 26.3 Å². The summed E-state index contributed by atoms with van der Waals surface area (Å²) in [6.07, 6.45) is 0.184. The third kappa shape index (κ3) is 2.63. The lowest BCUT2D eigenvalue weighted by Gasteiger charge is -2.22. The molecule has 1 aliphatic heterocycles. The molecule has 0 spiro atoms. The molecule has 1 fully saturated rings. The number of nitrogens with one attached hydrogen (secondary N) is 1. The molecule has 17 heavy (non-hydrogen) atoms. The number of methoxy groups -OCH3 is 1. The van der Waals surface area contributed by atoms with Gasteiger partial charge in [-0.2, -0.15) is 0 Å². The molecule has 0 aromatic carbocycles. The molecule has 6 heteroatoms. The van der Waals surface area contributed by atoms with Gasteiger partial charge in [0.25, 0.3) is 0 Å². The highest BCUT2D eigenvalue weighted by atomic mass is 16.5. The minimum absolute atomic E-state index is 0.0181. The molecule has 0 bridgehead atoms. The van der Waals surface area contributed by atoms with Gasteiger partial charge in [-0.15, -0.1) is 0 Å². The van der Waals surface area contributed by atoms with Gasteiger partial charge in [-0.1, -0.05) is 13.8 Å². The van der Waals surface area contributed by atoms with E-state index in [0.29, 0.717) is 0 Å². The lowest BCUT2D eigenvalue weighted by Crippen LogP contribution is -2.47. The van der Waals surface area contributed by atoms with Crippen LogP contribution in [0, 0.1) is 5.41 Å². The number of hydrogen-bond donors (Lipinski definition) is 1. The highest BCUT2D eigenvalue weighted by Crippen LogP contribution is 2.31. The Kier molecular flexibility index (Phi) is 3.87. The van der Waals surface area contributed by atoms with E-state index in [1.807, 2.05) is 0 Å². The number of imide groups is 1. The van der Waals surface area contributed by atoms with Crippen molar-refractivity contribution in [3.8, 4) is 0 Å². The average molecular weight is 242 g/mol. The summed E-state index contributed by atoms with van der Waals surface area (Å²) < 4.78 is 4.59. The molecule has 1 N–H and O–H groups in total. The summed E-state index contributed by atoms with van der Waals surface area (Å²) in [6.45, 7) is 3.46. The summed E-state index contributed by atoms with van der Waals surface area (Å²) in [4.78, 5) is 36.1. The number of likely N-dealkylation sites (N-methyl/N-ethyl adjacent to an activating group) is 1. The highest BCUT2D eigenvalue weighted by Gasteiger charge is 2.45. The average Bonchev–Trinajstić information content (AvgIpc) is 2.45. The largest absolute Gasteiger partial charge is 0.468 e. The monoisotopic (exact) mass is 242 g/mol. The minimum Gasteiger partial charge on any atom is -0.468 e. The number of esters is 1. The van der Waals surface area contributed by atoms with E-state index in [0.717, 1.165) is 4.90 Å². The lowest BCUT2D eigenvalue weighted by atomic mass is 9.92. The Labute approximate surface area is 100 Å². The predicted molar refractivity (Wildman–Crippen MR) is 60.0 cm³/mol. The first-order chi connectivity index (χ1) is 7.83. The molecule has 0 aromatic heterocycles. The predicted octanol–water partition coefficient (Wildman–Crippen LogP) is -0.467. The standard InChI is InChI=1S/C11H18N2O4/c1-11(2)5-8(14)13(10(11)16)6-7(12-3)9(15)17-4/h7,12H,5-6H2,1-4H3. The van der Waals surface area contributed by atoms with Crippen molar-refractivity contribution < 1.29 is 19.1 Å². The topological polar surface area (TPSA) is 75.7 Å². The molecule has 2 amide bonds.